The zero-order chi connectivity index (χ0) is 15.6. The second-order valence-corrected chi connectivity index (χ2v) is 6.59. The fourth-order valence-electron chi connectivity index (χ4n) is 3.28. The van der Waals surface area contributed by atoms with Gasteiger partial charge in [-0.25, -0.2) is 0 Å². The van der Waals surface area contributed by atoms with Gasteiger partial charge in [0.2, 0.25) is 0 Å². The Morgan fingerprint density at radius 3 is 2.33 bits per heavy atom. The second-order valence-electron chi connectivity index (χ2n) is 6.59. The van der Waals surface area contributed by atoms with Gasteiger partial charge in [0, 0.05) is 0 Å². The molecule has 1 saturated heterocycles. The fourth-order valence-corrected chi connectivity index (χ4v) is 3.28. The number of nitrogens with zero attached hydrogens (tertiary/aromatic N) is 1. The van der Waals surface area contributed by atoms with Gasteiger partial charge in [-0.15, -0.1) is 0 Å². The van der Waals surface area contributed by atoms with Crippen molar-refractivity contribution in [3.8, 4) is 5.75 Å². The van der Waals surface area contributed by atoms with E-state index in [1.807, 2.05) is 33.8 Å². The highest BCUT2D eigenvalue weighted by Crippen LogP contribution is 2.31. The maximum atomic E-state index is 13.2. The van der Waals surface area contributed by atoms with Crippen LogP contribution in [-0.4, -0.2) is 36.4 Å². The molecule has 0 saturated carbocycles. The minimum atomic E-state index is -0.478. The first-order chi connectivity index (χ1) is 9.87. The number of ether oxygens (including phenoxy) is 1. The monoisotopic (exact) mass is 289 g/mol. The van der Waals surface area contributed by atoms with Gasteiger partial charge in [0.1, 0.15) is 5.75 Å². The predicted octanol–water partition coefficient (Wildman–Crippen LogP) is 3.76. The molecule has 0 spiro atoms. The van der Waals surface area contributed by atoms with Crippen molar-refractivity contribution in [3.05, 3.63) is 28.8 Å². The van der Waals surface area contributed by atoms with E-state index in [1.54, 1.807) is 7.11 Å². The Morgan fingerprint density at radius 2 is 1.76 bits per heavy atom. The fraction of sp³-hybridized carbons (Fsp3) is 0.611. The summed E-state index contributed by atoms with van der Waals surface area (Å²) in [6.07, 6.45) is 3.63. The number of hydrogen-bond donors (Lipinski definition) is 0. The molecule has 1 fully saturated rings. The highest BCUT2D eigenvalue weighted by Gasteiger charge is 2.37. The maximum Gasteiger partial charge on any atom is 0.186 e. The summed E-state index contributed by atoms with van der Waals surface area (Å²) in [6, 6.07) is 4.01. The number of rotatable bonds is 4. The third-order valence-corrected chi connectivity index (χ3v) is 4.59. The van der Waals surface area contributed by atoms with Crippen molar-refractivity contribution in [2.45, 2.75) is 52.5 Å². The average Bonchev–Trinajstić information content (AvgIpc) is 2.46. The van der Waals surface area contributed by atoms with Crippen molar-refractivity contribution in [2.75, 3.05) is 20.2 Å². The number of carbonyl (C=O) groups excluding carboxylic acids is 1. The Balaban J connectivity index is 2.38. The lowest BCUT2D eigenvalue weighted by molar-refractivity contribution is 0.0575. The minimum Gasteiger partial charge on any atom is -0.496 e. The first-order valence-electron chi connectivity index (χ1n) is 7.83. The molecule has 0 radical (unpaired) electrons. The van der Waals surface area contributed by atoms with Crippen LogP contribution in [0.4, 0.5) is 0 Å². The Kier molecular flexibility index (Phi) is 4.72. The van der Waals surface area contributed by atoms with Crippen molar-refractivity contribution in [1.82, 2.24) is 4.90 Å². The summed E-state index contributed by atoms with van der Waals surface area (Å²) < 4.78 is 5.47. The van der Waals surface area contributed by atoms with E-state index < -0.39 is 5.54 Å². The zero-order valence-corrected chi connectivity index (χ0v) is 14.0. The van der Waals surface area contributed by atoms with E-state index in [-0.39, 0.29) is 5.78 Å². The largest absolute Gasteiger partial charge is 0.496 e. The third-order valence-electron chi connectivity index (χ3n) is 4.59. The number of hydrogen-bond acceptors (Lipinski definition) is 3. The van der Waals surface area contributed by atoms with E-state index in [0.717, 1.165) is 29.8 Å². The molecule has 0 N–H and O–H groups in total. The van der Waals surface area contributed by atoms with E-state index in [9.17, 15) is 4.79 Å². The smallest absolute Gasteiger partial charge is 0.186 e. The Labute approximate surface area is 128 Å². The average molecular weight is 289 g/mol. The predicted molar refractivity (Wildman–Crippen MR) is 86.3 cm³/mol. The SMILES string of the molecule is COc1cc(C)cc(C)c1C(=O)C(C)(C)N1CCCCC1. The number of ketones is 1. The van der Waals surface area contributed by atoms with Gasteiger partial charge in [0.05, 0.1) is 18.2 Å². The van der Waals surface area contributed by atoms with E-state index >= 15 is 0 Å². The molecule has 1 aromatic rings. The molecule has 3 nitrogen and oxygen atoms in total. The number of benzene rings is 1. The molecule has 1 aromatic carbocycles. The lowest BCUT2D eigenvalue weighted by Crippen LogP contribution is -2.52. The Morgan fingerprint density at radius 1 is 1.14 bits per heavy atom. The van der Waals surface area contributed by atoms with Crippen molar-refractivity contribution in [2.24, 2.45) is 0 Å². The van der Waals surface area contributed by atoms with Crippen LogP contribution >= 0.6 is 0 Å². The van der Waals surface area contributed by atoms with E-state index in [0.29, 0.717) is 5.75 Å². The molecular weight excluding hydrogens is 262 g/mol. The Bertz CT molecular complexity index is 528. The van der Waals surface area contributed by atoms with Gasteiger partial charge in [-0.3, -0.25) is 9.69 Å². The third kappa shape index (κ3) is 3.13. The van der Waals surface area contributed by atoms with Crippen molar-refractivity contribution in [3.63, 3.8) is 0 Å². The van der Waals surface area contributed by atoms with Crippen LogP contribution < -0.4 is 4.74 Å². The van der Waals surface area contributed by atoms with Crippen LogP contribution in [0.25, 0.3) is 0 Å². The van der Waals surface area contributed by atoms with Gasteiger partial charge in [0.15, 0.2) is 5.78 Å². The van der Waals surface area contributed by atoms with Crippen LogP contribution in [0.3, 0.4) is 0 Å². The molecule has 1 heterocycles. The molecule has 3 heteroatoms. The number of piperidine rings is 1. The van der Waals surface area contributed by atoms with Gasteiger partial charge in [-0.2, -0.15) is 0 Å². The number of aryl methyl sites for hydroxylation is 2. The van der Waals surface area contributed by atoms with Crippen LogP contribution in [0.15, 0.2) is 12.1 Å². The molecule has 0 aromatic heterocycles. The number of methoxy groups -OCH3 is 1. The summed E-state index contributed by atoms with van der Waals surface area (Å²) >= 11 is 0. The molecule has 0 atom stereocenters. The van der Waals surface area contributed by atoms with E-state index in [1.165, 1.54) is 19.3 Å². The van der Waals surface area contributed by atoms with Crippen LogP contribution in [-0.2, 0) is 0 Å². The van der Waals surface area contributed by atoms with Gasteiger partial charge in [0.25, 0.3) is 0 Å². The molecule has 0 unspecified atom stereocenters. The molecule has 1 aliphatic rings. The van der Waals surface area contributed by atoms with Crippen LogP contribution in [0.1, 0.15) is 54.6 Å². The van der Waals surface area contributed by atoms with Crippen molar-refractivity contribution in [1.29, 1.82) is 0 Å². The van der Waals surface area contributed by atoms with Gasteiger partial charge >= 0.3 is 0 Å². The summed E-state index contributed by atoms with van der Waals surface area (Å²) in [5.74, 6) is 0.862. The number of carbonyl (C=O) groups is 1. The molecule has 0 aliphatic carbocycles. The summed E-state index contributed by atoms with van der Waals surface area (Å²) in [6.45, 7) is 10.1. The first kappa shape index (κ1) is 16.0. The summed E-state index contributed by atoms with van der Waals surface area (Å²) in [5, 5.41) is 0. The minimum absolute atomic E-state index is 0.166. The zero-order valence-electron chi connectivity index (χ0n) is 14.0. The molecule has 0 bridgehead atoms. The van der Waals surface area contributed by atoms with Crippen molar-refractivity contribution < 1.29 is 9.53 Å². The molecule has 116 valence electrons. The summed E-state index contributed by atoms with van der Waals surface area (Å²) in [4.78, 5) is 15.5. The van der Waals surface area contributed by atoms with Gasteiger partial charge in [-0.05, 0) is 70.8 Å². The molecule has 2 rings (SSSR count). The summed E-state index contributed by atoms with van der Waals surface area (Å²) in [7, 11) is 1.64. The second kappa shape index (κ2) is 6.18. The first-order valence-corrected chi connectivity index (χ1v) is 7.83. The standard InChI is InChI=1S/C18H27NO2/c1-13-11-14(2)16(15(12-13)21-5)17(20)18(3,4)19-9-7-6-8-10-19/h11-12H,6-10H2,1-5H3. The van der Waals surface area contributed by atoms with Gasteiger partial charge in [-0.1, -0.05) is 12.5 Å². The van der Waals surface area contributed by atoms with Crippen LogP contribution in [0, 0.1) is 13.8 Å². The van der Waals surface area contributed by atoms with E-state index in [2.05, 4.69) is 11.0 Å². The highest BCUT2D eigenvalue weighted by atomic mass is 16.5. The highest BCUT2D eigenvalue weighted by molar-refractivity contribution is 6.06. The molecule has 21 heavy (non-hydrogen) atoms. The van der Waals surface area contributed by atoms with E-state index in [4.69, 9.17) is 4.74 Å². The van der Waals surface area contributed by atoms with Crippen LogP contribution in [0.2, 0.25) is 0 Å². The lowest BCUT2D eigenvalue weighted by Gasteiger charge is -2.40. The lowest BCUT2D eigenvalue weighted by atomic mass is 9.86. The summed E-state index contributed by atoms with van der Waals surface area (Å²) in [5.41, 5.74) is 2.38. The quantitative estimate of drug-likeness (QED) is 0.790. The Hall–Kier alpha value is -1.35. The molecule has 0 amide bonds. The number of likely N-dealkylation sites (tertiary alicyclic amines) is 1. The maximum absolute atomic E-state index is 13.2. The number of Topliss-reactive ketones (excluding diaryl/α,β-unsaturated/α-hetero) is 1. The van der Waals surface area contributed by atoms with Crippen molar-refractivity contribution >= 4 is 5.78 Å². The molecule has 1 aliphatic heterocycles. The molecular formula is C18H27NO2. The normalized spacial score (nSPS) is 16.8. The van der Waals surface area contributed by atoms with Gasteiger partial charge < -0.3 is 4.74 Å². The topological polar surface area (TPSA) is 29.5 Å². The van der Waals surface area contributed by atoms with Crippen LogP contribution in [0.5, 0.6) is 5.75 Å².